The van der Waals surface area contributed by atoms with Crippen LogP contribution in [0.4, 0.5) is 0 Å². The average molecular weight is 286 g/mol. The molecule has 1 N–H and O–H groups in total. The topological polar surface area (TPSA) is 80.9 Å². The number of carbonyl (C=O) groups is 1. The van der Waals surface area contributed by atoms with E-state index in [0.717, 1.165) is 10.3 Å². The van der Waals surface area contributed by atoms with Gasteiger partial charge in [0.1, 0.15) is 12.0 Å². The zero-order valence-corrected chi connectivity index (χ0v) is 11.3. The quantitative estimate of drug-likeness (QED) is 0.795. The van der Waals surface area contributed by atoms with E-state index >= 15 is 0 Å². The summed E-state index contributed by atoms with van der Waals surface area (Å²) < 4.78 is 1.78. The molecule has 3 aromatic rings. The van der Waals surface area contributed by atoms with Gasteiger partial charge in [-0.1, -0.05) is 18.2 Å². The van der Waals surface area contributed by atoms with Crippen molar-refractivity contribution in [2.75, 3.05) is 0 Å². The first-order valence-electron chi connectivity index (χ1n) is 5.80. The Labute approximate surface area is 118 Å². The summed E-state index contributed by atoms with van der Waals surface area (Å²) in [5.41, 5.74) is 0.672. The van der Waals surface area contributed by atoms with Crippen molar-refractivity contribution in [3.63, 3.8) is 0 Å². The molecule has 2 heterocycles. The Kier molecular flexibility index (Phi) is 3.11. The minimum absolute atomic E-state index is 0.0216. The fraction of sp³-hybridized carbons (Fsp3) is 0.0769. The lowest BCUT2D eigenvalue weighted by Gasteiger charge is -2.06. The molecule has 0 aliphatic rings. The summed E-state index contributed by atoms with van der Waals surface area (Å²) in [6.07, 6.45) is 1.60. The van der Waals surface area contributed by atoms with Crippen LogP contribution in [0, 0.1) is 0 Å². The smallest absolute Gasteiger partial charge is 0.354 e. The number of benzene rings is 1. The molecule has 0 aliphatic heterocycles. The molecule has 0 aliphatic carbocycles. The van der Waals surface area contributed by atoms with Gasteiger partial charge in [-0.25, -0.2) is 9.78 Å². The lowest BCUT2D eigenvalue weighted by molar-refractivity contribution is 0.0690. The number of rotatable bonds is 3. The number of para-hydroxylation sites is 1. The maximum atomic E-state index is 11.2. The molecule has 0 amide bonds. The van der Waals surface area contributed by atoms with E-state index in [0.29, 0.717) is 10.7 Å². The Hall–Kier alpha value is -2.41. The summed E-state index contributed by atoms with van der Waals surface area (Å²) in [4.78, 5) is 16.1. The molecule has 0 spiro atoms. The highest BCUT2D eigenvalue weighted by atomic mass is 32.2. The van der Waals surface area contributed by atoms with Crippen molar-refractivity contribution >= 4 is 28.6 Å². The van der Waals surface area contributed by atoms with E-state index in [2.05, 4.69) is 15.2 Å². The normalized spacial score (nSPS) is 10.8. The number of hydrogen-bond donors (Lipinski definition) is 1. The third kappa shape index (κ3) is 2.23. The summed E-state index contributed by atoms with van der Waals surface area (Å²) in [5.74, 6) is -1.05. The lowest BCUT2D eigenvalue weighted by Crippen LogP contribution is -2.01. The Balaban J connectivity index is 2.17. The number of aromatic carboxylic acids is 1. The van der Waals surface area contributed by atoms with Crippen molar-refractivity contribution < 1.29 is 9.90 Å². The monoisotopic (exact) mass is 286 g/mol. The van der Waals surface area contributed by atoms with Crippen LogP contribution < -0.4 is 0 Å². The zero-order chi connectivity index (χ0) is 14.1. The van der Waals surface area contributed by atoms with Gasteiger partial charge in [0, 0.05) is 17.3 Å². The number of aryl methyl sites for hydroxylation is 1. The molecule has 3 rings (SSSR count). The maximum Gasteiger partial charge on any atom is 0.354 e. The van der Waals surface area contributed by atoms with Gasteiger partial charge in [-0.15, -0.1) is 10.2 Å². The highest BCUT2D eigenvalue weighted by molar-refractivity contribution is 7.99. The zero-order valence-electron chi connectivity index (χ0n) is 10.5. The van der Waals surface area contributed by atoms with Crippen LogP contribution in [0.1, 0.15) is 10.5 Å². The number of pyridine rings is 1. The van der Waals surface area contributed by atoms with E-state index in [9.17, 15) is 4.79 Å². The molecule has 6 nitrogen and oxygen atoms in total. The van der Waals surface area contributed by atoms with Crippen molar-refractivity contribution in [1.29, 1.82) is 0 Å². The first-order chi connectivity index (χ1) is 9.65. The van der Waals surface area contributed by atoms with Crippen molar-refractivity contribution in [1.82, 2.24) is 19.7 Å². The predicted molar refractivity (Wildman–Crippen MR) is 73.8 cm³/mol. The second-order valence-electron chi connectivity index (χ2n) is 4.15. The molecular formula is C13H10N4O2S. The van der Waals surface area contributed by atoms with Gasteiger partial charge in [0.2, 0.25) is 0 Å². The van der Waals surface area contributed by atoms with E-state index in [1.54, 1.807) is 23.0 Å². The molecular weight excluding hydrogens is 276 g/mol. The van der Waals surface area contributed by atoms with Gasteiger partial charge in [-0.05, 0) is 23.9 Å². The van der Waals surface area contributed by atoms with Gasteiger partial charge in [0.15, 0.2) is 5.16 Å². The Morgan fingerprint density at radius 2 is 2.15 bits per heavy atom. The van der Waals surface area contributed by atoms with E-state index in [4.69, 9.17) is 5.11 Å². The van der Waals surface area contributed by atoms with Crippen molar-refractivity contribution in [2.24, 2.45) is 7.05 Å². The molecule has 0 radical (unpaired) electrons. The van der Waals surface area contributed by atoms with Crippen LogP contribution >= 0.6 is 11.8 Å². The standard InChI is InChI=1S/C13H10N4O2S/c1-17-7-14-16-13(17)20-11-6-10(12(18)19)15-9-5-3-2-4-8(9)11/h2-7H,1H3,(H,18,19). The molecule has 0 atom stereocenters. The average Bonchev–Trinajstić information content (AvgIpc) is 2.84. The summed E-state index contributed by atoms with van der Waals surface area (Å²) in [6.45, 7) is 0. The largest absolute Gasteiger partial charge is 0.477 e. The Morgan fingerprint density at radius 1 is 1.35 bits per heavy atom. The number of carboxylic acids is 1. The van der Waals surface area contributed by atoms with E-state index in [1.807, 2.05) is 25.2 Å². The molecule has 0 unspecified atom stereocenters. The first-order valence-corrected chi connectivity index (χ1v) is 6.62. The molecule has 1 aromatic carbocycles. The van der Waals surface area contributed by atoms with Gasteiger partial charge >= 0.3 is 5.97 Å². The summed E-state index contributed by atoms with van der Waals surface area (Å²) >= 11 is 1.37. The van der Waals surface area contributed by atoms with Gasteiger partial charge in [0.05, 0.1) is 5.52 Å². The van der Waals surface area contributed by atoms with Gasteiger partial charge < -0.3 is 9.67 Å². The molecule has 20 heavy (non-hydrogen) atoms. The maximum absolute atomic E-state index is 11.2. The molecule has 2 aromatic heterocycles. The lowest BCUT2D eigenvalue weighted by atomic mass is 10.2. The van der Waals surface area contributed by atoms with Gasteiger partial charge in [-0.2, -0.15) is 0 Å². The predicted octanol–water partition coefficient (Wildman–Crippen LogP) is 2.21. The Morgan fingerprint density at radius 3 is 2.85 bits per heavy atom. The number of aromatic nitrogens is 4. The van der Waals surface area contributed by atoms with Crippen molar-refractivity contribution in [3.8, 4) is 0 Å². The first kappa shape index (κ1) is 12.6. The molecule has 100 valence electrons. The fourth-order valence-corrected chi connectivity index (χ4v) is 2.73. The van der Waals surface area contributed by atoms with Crippen LogP contribution in [-0.4, -0.2) is 30.8 Å². The second-order valence-corrected chi connectivity index (χ2v) is 5.16. The fourth-order valence-electron chi connectivity index (χ4n) is 1.80. The molecule has 0 saturated heterocycles. The van der Waals surface area contributed by atoms with Gasteiger partial charge in [-0.3, -0.25) is 0 Å². The second kappa shape index (κ2) is 4.93. The van der Waals surface area contributed by atoms with Crippen LogP contribution in [0.3, 0.4) is 0 Å². The molecule has 7 heteroatoms. The van der Waals surface area contributed by atoms with Crippen LogP contribution in [0.15, 0.2) is 46.7 Å². The SMILES string of the molecule is Cn1cnnc1Sc1cc(C(=O)O)nc2ccccc12. The number of fused-ring (bicyclic) bond motifs is 1. The minimum atomic E-state index is -1.05. The molecule has 0 fully saturated rings. The highest BCUT2D eigenvalue weighted by Crippen LogP contribution is 2.32. The van der Waals surface area contributed by atoms with Gasteiger partial charge in [0.25, 0.3) is 0 Å². The number of hydrogen-bond acceptors (Lipinski definition) is 5. The van der Waals surface area contributed by atoms with Crippen LogP contribution in [-0.2, 0) is 7.05 Å². The van der Waals surface area contributed by atoms with Crippen LogP contribution in [0.25, 0.3) is 10.9 Å². The Bertz CT molecular complexity index is 800. The third-order valence-corrected chi connectivity index (χ3v) is 3.88. The number of nitrogens with zero attached hydrogens (tertiary/aromatic N) is 4. The molecule has 0 bridgehead atoms. The van der Waals surface area contributed by atoms with Crippen LogP contribution in [0.2, 0.25) is 0 Å². The minimum Gasteiger partial charge on any atom is -0.477 e. The van der Waals surface area contributed by atoms with E-state index < -0.39 is 5.97 Å². The third-order valence-electron chi connectivity index (χ3n) is 2.77. The van der Waals surface area contributed by atoms with Crippen LogP contribution in [0.5, 0.6) is 0 Å². The van der Waals surface area contributed by atoms with Crippen molar-refractivity contribution in [2.45, 2.75) is 10.1 Å². The highest BCUT2D eigenvalue weighted by Gasteiger charge is 2.13. The summed E-state index contributed by atoms with van der Waals surface area (Å²) in [7, 11) is 1.84. The van der Waals surface area contributed by atoms with Crippen molar-refractivity contribution in [3.05, 3.63) is 42.4 Å². The number of carboxylic acid groups (broad SMARTS) is 1. The molecule has 0 saturated carbocycles. The summed E-state index contributed by atoms with van der Waals surface area (Å²) in [5, 5.41) is 18.5. The van der Waals surface area contributed by atoms with E-state index in [-0.39, 0.29) is 5.69 Å². The summed E-state index contributed by atoms with van der Waals surface area (Å²) in [6, 6.07) is 8.99. The van der Waals surface area contributed by atoms with E-state index in [1.165, 1.54) is 11.8 Å².